The monoisotopic (exact) mass is 334 g/mol. The predicted molar refractivity (Wildman–Crippen MR) is 76.8 cm³/mol. The van der Waals surface area contributed by atoms with Gasteiger partial charge in [0.25, 0.3) is 5.92 Å². The summed E-state index contributed by atoms with van der Waals surface area (Å²) in [4.78, 5) is 12.0. The van der Waals surface area contributed by atoms with Crippen LogP contribution < -0.4 is 0 Å². The fourth-order valence-electron chi connectivity index (χ4n) is 2.87. The Balaban J connectivity index is 1.86. The minimum atomic E-state index is -2.61. The van der Waals surface area contributed by atoms with E-state index in [1.165, 1.54) is 0 Å². The molecular formula is C13H14Cl2F2N4. The van der Waals surface area contributed by atoms with Crippen LogP contribution in [-0.2, 0) is 6.54 Å². The van der Waals surface area contributed by atoms with Crippen LogP contribution in [0.1, 0.15) is 26.2 Å². The normalized spacial score (nSPS) is 25.4. The van der Waals surface area contributed by atoms with Gasteiger partial charge in [-0.1, -0.05) is 18.5 Å². The van der Waals surface area contributed by atoms with Crippen molar-refractivity contribution in [3.63, 3.8) is 0 Å². The smallest absolute Gasteiger partial charge is 0.251 e. The van der Waals surface area contributed by atoms with Crippen molar-refractivity contribution < 1.29 is 8.78 Å². The largest absolute Gasteiger partial charge is 0.326 e. The van der Waals surface area contributed by atoms with E-state index in [0.29, 0.717) is 24.1 Å². The molecule has 0 amide bonds. The van der Waals surface area contributed by atoms with Gasteiger partial charge in [0.2, 0.25) is 5.28 Å². The Labute approximate surface area is 130 Å². The number of fused-ring (bicyclic) bond motifs is 1. The van der Waals surface area contributed by atoms with Crippen molar-refractivity contribution in [2.24, 2.45) is 11.8 Å². The molecule has 0 N–H and O–H groups in total. The Morgan fingerprint density at radius 3 is 2.81 bits per heavy atom. The van der Waals surface area contributed by atoms with E-state index >= 15 is 0 Å². The molecule has 1 aliphatic rings. The molecule has 2 unspecified atom stereocenters. The van der Waals surface area contributed by atoms with Crippen LogP contribution in [0.5, 0.6) is 0 Å². The molecule has 0 aromatic carbocycles. The molecule has 0 aliphatic heterocycles. The lowest BCUT2D eigenvalue weighted by Crippen LogP contribution is -2.35. The Bertz CT molecular complexity index is 673. The summed E-state index contributed by atoms with van der Waals surface area (Å²) in [6.07, 6.45) is 2.74. The molecule has 2 aromatic rings. The first-order valence-electron chi connectivity index (χ1n) is 6.78. The molecule has 1 aliphatic carbocycles. The standard InChI is InChI=1S/C13H14Cl2F2N4/c1-7-2-3-8(4-13(7,16)17)5-21-6-18-11-9(21)10(14)19-12(15)20-11/h6-8H,2-5H2,1H3. The van der Waals surface area contributed by atoms with E-state index in [1.807, 2.05) is 0 Å². The third-order valence-electron chi connectivity index (χ3n) is 4.15. The SMILES string of the molecule is CC1CCC(Cn2cnc3nc(Cl)nc(Cl)c32)CC1(F)F. The molecule has 4 nitrogen and oxygen atoms in total. The van der Waals surface area contributed by atoms with Gasteiger partial charge in [-0.25, -0.2) is 18.7 Å². The maximum Gasteiger partial charge on any atom is 0.251 e. The third-order valence-corrected chi connectivity index (χ3v) is 4.58. The number of alkyl halides is 2. The van der Waals surface area contributed by atoms with Gasteiger partial charge in [0.1, 0.15) is 5.52 Å². The minimum Gasteiger partial charge on any atom is -0.326 e. The van der Waals surface area contributed by atoms with Gasteiger partial charge in [-0.2, -0.15) is 4.98 Å². The highest BCUT2D eigenvalue weighted by atomic mass is 35.5. The zero-order valence-corrected chi connectivity index (χ0v) is 12.9. The van der Waals surface area contributed by atoms with Crippen LogP contribution in [-0.4, -0.2) is 25.4 Å². The Morgan fingerprint density at radius 1 is 1.33 bits per heavy atom. The van der Waals surface area contributed by atoms with Gasteiger partial charge in [-0.05, 0) is 30.4 Å². The summed E-state index contributed by atoms with van der Waals surface area (Å²) < 4.78 is 29.4. The molecule has 0 spiro atoms. The molecule has 0 saturated heterocycles. The van der Waals surface area contributed by atoms with Crippen molar-refractivity contribution >= 4 is 34.4 Å². The average molecular weight is 335 g/mol. The number of imidazole rings is 1. The van der Waals surface area contributed by atoms with Gasteiger partial charge in [0, 0.05) is 18.9 Å². The highest BCUT2D eigenvalue weighted by Gasteiger charge is 2.42. The maximum absolute atomic E-state index is 13.8. The molecule has 1 saturated carbocycles. The summed E-state index contributed by atoms with van der Waals surface area (Å²) in [6.45, 7) is 2.04. The second-order valence-corrected chi connectivity index (χ2v) is 6.36. The fraction of sp³-hybridized carbons (Fsp3) is 0.615. The second kappa shape index (κ2) is 5.32. The highest BCUT2D eigenvalue weighted by molar-refractivity contribution is 6.35. The van der Waals surface area contributed by atoms with E-state index in [0.717, 1.165) is 6.42 Å². The summed E-state index contributed by atoms with van der Waals surface area (Å²) >= 11 is 11.8. The van der Waals surface area contributed by atoms with Crippen LogP contribution in [0.25, 0.3) is 11.2 Å². The maximum atomic E-state index is 13.8. The van der Waals surface area contributed by atoms with Crippen LogP contribution in [0, 0.1) is 11.8 Å². The van der Waals surface area contributed by atoms with Crippen molar-refractivity contribution in [3.05, 3.63) is 16.8 Å². The molecule has 3 rings (SSSR count). The first-order valence-corrected chi connectivity index (χ1v) is 7.54. The molecule has 0 radical (unpaired) electrons. The molecule has 2 aromatic heterocycles. The quantitative estimate of drug-likeness (QED) is 0.610. The van der Waals surface area contributed by atoms with Crippen LogP contribution >= 0.6 is 23.2 Å². The van der Waals surface area contributed by atoms with Gasteiger partial charge in [0.15, 0.2) is 10.8 Å². The molecule has 0 bridgehead atoms. The first-order chi connectivity index (χ1) is 9.87. The lowest BCUT2D eigenvalue weighted by Gasteiger charge is -2.34. The lowest BCUT2D eigenvalue weighted by molar-refractivity contribution is -0.0970. The topological polar surface area (TPSA) is 43.6 Å². The predicted octanol–water partition coefficient (Wildman–Crippen LogP) is 4.20. The number of halogens is 4. The number of aromatic nitrogens is 4. The molecule has 114 valence electrons. The van der Waals surface area contributed by atoms with E-state index in [1.54, 1.807) is 17.8 Å². The zero-order valence-electron chi connectivity index (χ0n) is 11.4. The number of nitrogens with zero attached hydrogens (tertiary/aromatic N) is 4. The van der Waals surface area contributed by atoms with Crippen LogP contribution in [0.4, 0.5) is 8.78 Å². The zero-order chi connectivity index (χ0) is 15.2. The van der Waals surface area contributed by atoms with Gasteiger partial charge >= 0.3 is 0 Å². The molecule has 2 heterocycles. The summed E-state index contributed by atoms with van der Waals surface area (Å²) in [7, 11) is 0. The van der Waals surface area contributed by atoms with Crippen molar-refractivity contribution in [1.82, 2.24) is 19.5 Å². The average Bonchev–Trinajstić information content (AvgIpc) is 2.76. The first kappa shape index (κ1) is 14.9. The van der Waals surface area contributed by atoms with E-state index < -0.39 is 11.8 Å². The third kappa shape index (κ3) is 2.83. The van der Waals surface area contributed by atoms with Crippen molar-refractivity contribution in [2.75, 3.05) is 0 Å². The number of rotatable bonds is 2. The Kier molecular flexibility index (Phi) is 3.78. The Hall–Kier alpha value is -1.01. The van der Waals surface area contributed by atoms with E-state index in [-0.39, 0.29) is 22.8 Å². The molecule has 1 fully saturated rings. The van der Waals surface area contributed by atoms with E-state index in [2.05, 4.69) is 15.0 Å². The second-order valence-electron chi connectivity index (χ2n) is 5.66. The summed E-state index contributed by atoms with van der Waals surface area (Å²) in [6, 6.07) is 0. The van der Waals surface area contributed by atoms with Crippen LogP contribution in [0.2, 0.25) is 10.4 Å². The van der Waals surface area contributed by atoms with Crippen molar-refractivity contribution in [3.8, 4) is 0 Å². The fourth-order valence-corrected chi connectivity index (χ4v) is 3.35. The summed E-state index contributed by atoms with van der Waals surface area (Å²) in [5.41, 5.74) is 0.930. The summed E-state index contributed by atoms with van der Waals surface area (Å²) in [5, 5.41) is 0.217. The lowest BCUT2D eigenvalue weighted by atomic mass is 9.80. The summed E-state index contributed by atoms with van der Waals surface area (Å²) in [5.74, 6) is -3.28. The Morgan fingerprint density at radius 2 is 2.10 bits per heavy atom. The molecule has 8 heteroatoms. The highest BCUT2D eigenvalue weighted by Crippen LogP contribution is 2.41. The van der Waals surface area contributed by atoms with E-state index in [9.17, 15) is 8.78 Å². The van der Waals surface area contributed by atoms with Gasteiger partial charge in [-0.15, -0.1) is 0 Å². The van der Waals surface area contributed by atoms with E-state index in [4.69, 9.17) is 23.2 Å². The van der Waals surface area contributed by atoms with Crippen molar-refractivity contribution in [1.29, 1.82) is 0 Å². The van der Waals surface area contributed by atoms with Gasteiger partial charge in [0.05, 0.1) is 6.33 Å². The van der Waals surface area contributed by atoms with Gasteiger partial charge in [-0.3, -0.25) is 0 Å². The van der Waals surface area contributed by atoms with Crippen LogP contribution in [0.3, 0.4) is 0 Å². The minimum absolute atomic E-state index is 0.0239. The van der Waals surface area contributed by atoms with Crippen molar-refractivity contribution in [2.45, 2.75) is 38.7 Å². The molecule has 2 atom stereocenters. The number of hydrogen-bond acceptors (Lipinski definition) is 3. The molecular weight excluding hydrogens is 321 g/mol. The van der Waals surface area contributed by atoms with Crippen LogP contribution in [0.15, 0.2) is 6.33 Å². The van der Waals surface area contributed by atoms with Gasteiger partial charge < -0.3 is 4.57 Å². The number of hydrogen-bond donors (Lipinski definition) is 0. The molecule has 21 heavy (non-hydrogen) atoms.